The molecule has 1 aromatic carbocycles. The number of aliphatic hydroxyl groups excluding tert-OH is 1. The number of likely N-dealkylation sites (N-methyl/N-ethyl adjacent to an activating group) is 1. The first-order chi connectivity index (χ1) is 9.15. The highest BCUT2D eigenvalue weighted by Crippen LogP contribution is 2.19. The smallest absolute Gasteiger partial charge is 0.0917 e. The van der Waals surface area contributed by atoms with Crippen molar-refractivity contribution in [2.24, 2.45) is 0 Å². The first kappa shape index (κ1) is 14.2. The highest BCUT2D eigenvalue weighted by atomic mass is 79.9. The highest BCUT2D eigenvalue weighted by molar-refractivity contribution is 9.10. The minimum Gasteiger partial charge on any atom is -0.387 e. The second kappa shape index (κ2) is 6.80. The van der Waals surface area contributed by atoms with Gasteiger partial charge in [0.05, 0.1) is 6.10 Å². The predicted molar refractivity (Wildman–Crippen MR) is 79.7 cm³/mol. The molecule has 1 heterocycles. The fraction of sp³-hybridized carbons (Fsp3) is 0.267. The molecule has 0 spiro atoms. The number of hydrogen-bond donors (Lipinski definition) is 1. The van der Waals surface area contributed by atoms with E-state index in [4.69, 9.17) is 0 Å². The largest absolute Gasteiger partial charge is 0.387 e. The third-order valence-corrected chi connectivity index (χ3v) is 3.39. The standard InChI is InChI=1S/C15H17BrN2O/c1-18(10-12-4-3-7-17-9-12)11-15(19)13-5-2-6-14(16)8-13/h2-9,15,19H,10-11H2,1H3. The number of rotatable bonds is 5. The zero-order valence-electron chi connectivity index (χ0n) is 10.8. The van der Waals surface area contributed by atoms with Gasteiger partial charge in [-0.1, -0.05) is 34.1 Å². The maximum absolute atomic E-state index is 10.2. The third-order valence-electron chi connectivity index (χ3n) is 2.89. The summed E-state index contributed by atoms with van der Waals surface area (Å²) >= 11 is 3.42. The number of pyridine rings is 1. The van der Waals surface area contributed by atoms with E-state index in [2.05, 4.69) is 25.8 Å². The van der Waals surface area contributed by atoms with Gasteiger partial charge in [0.15, 0.2) is 0 Å². The highest BCUT2D eigenvalue weighted by Gasteiger charge is 2.11. The molecule has 0 bridgehead atoms. The van der Waals surface area contributed by atoms with Gasteiger partial charge >= 0.3 is 0 Å². The van der Waals surface area contributed by atoms with Crippen molar-refractivity contribution >= 4 is 15.9 Å². The lowest BCUT2D eigenvalue weighted by Crippen LogP contribution is -2.24. The Labute approximate surface area is 122 Å². The van der Waals surface area contributed by atoms with Crippen LogP contribution in [0.4, 0.5) is 0 Å². The van der Waals surface area contributed by atoms with Gasteiger partial charge < -0.3 is 5.11 Å². The SMILES string of the molecule is CN(Cc1cccnc1)CC(O)c1cccc(Br)c1. The van der Waals surface area contributed by atoms with Crippen LogP contribution in [-0.2, 0) is 6.54 Å². The minimum atomic E-state index is -0.487. The molecule has 0 radical (unpaired) electrons. The lowest BCUT2D eigenvalue weighted by Gasteiger charge is -2.20. The lowest BCUT2D eigenvalue weighted by molar-refractivity contribution is 0.123. The van der Waals surface area contributed by atoms with Crippen LogP contribution in [0.15, 0.2) is 53.3 Å². The van der Waals surface area contributed by atoms with Gasteiger partial charge in [0.25, 0.3) is 0 Å². The molecule has 2 aromatic rings. The van der Waals surface area contributed by atoms with Crippen LogP contribution in [0, 0.1) is 0 Å². The van der Waals surface area contributed by atoms with E-state index in [9.17, 15) is 5.11 Å². The van der Waals surface area contributed by atoms with Gasteiger partial charge in [0, 0.05) is 30.0 Å². The van der Waals surface area contributed by atoms with E-state index in [-0.39, 0.29) is 0 Å². The maximum Gasteiger partial charge on any atom is 0.0917 e. The quantitative estimate of drug-likeness (QED) is 0.920. The molecule has 0 aliphatic rings. The molecular weight excluding hydrogens is 304 g/mol. The molecule has 3 nitrogen and oxygen atoms in total. The fourth-order valence-corrected chi connectivity index (χ4v) is 2.40. The molecule has 0 saturated heterocycles. The molecule has 100 valence electrons. The summed E-state index contributed by atoms with van der Waals surface area (Å²) in [6.45, 7) is 1.37. The molecule has 1 unspecified atom stereocenters. The Bertz CT molecular complexity index is 519. The van der Waals surface area contributed by atoms with Gasteiger partial charge in [-0.05, 0) is 36.4 Å². The number of benzene rings is 1. The van der Waals surface area contributed by atoms with Crippen LogP contribution in [0.25, 0.3) is 0 Å². The van der Waals surface area contributed by atoms with Gasteiger partial charge in [0.1, 0.15) is 0 Å². The first-order valence-corrected chi connectivity index (χ1v) is 6.95. The second-order valence-corrected chi connectivity index (χ2v) is 5.54. The molecular formula is C15H17BrN2O. The van der Waals surface area contributed by atoms with Crippen LogP contribution < -0.4 is 0 Å². The topological polar surface area (TPSA) is 36.4 Å². The van der Waals surface area contributed by atoms with Gasteiger partial charge in [-0.2, -0.15) is 0 Å². The Hall–Kier alpha value is -1.23. The Kier molecular flexibility index (Phi) is 5.07. The zero-order chi connectivity index (χ0) is 13.7. The predicted octanol–water partition coefficient (Wildman–Crippen LogP) is 3.01. The number of aliphatic hydroxyl groups is 1. The number of halogens is 1. The van der Waals surface area contributed by atoms with E-state index < -0.39 is 6.10 Å². The fourth-order valence-electron chi connectivity index (χ4n) is 1.98. The third kappa shape index (κ3) is 4.42. The van der Waals surface area contributed by atoms with E-state index >= 15 is 0 Å². The van der Waals surface area contributed by atoms with Gasteiger partial charge in [-0.25, -0.2) is 0 Å². The van der Waals surface area contributed by atoms with Gasteiger partial charge in [-0.3, -0.25) is 9.88 Å². The van der Waals surface area contributed by atoms with E-state index in [0.717, 1.165) is 22.1 Å². The Morgan fingerprint density at radius 3 is 2.84 bits per heavy atom. The van der Waals surface area contributed by atoms with Crippen LogP contribution in [0.5, 0.6) is 0 Å². The molecule has 0 aliphatic heterocycles. The van der Waals surface area contributed by atoms with Crippen LogP contribution in [0.2, 0.25) is 0 Å². The van der Waals surface area contributed by atoms with Crippen molar-refractivity contribution in [3.63, 3.8) is 0 Å². The Morgan fingerprint density at radius 1 is 1.32 bits per heavy atom. The summed E-state index contributed by atoms with van der Waals surface area (Å²) < 4.78 is 0.985. The van der Waals surface area contributed by atoms with Crippen molar-refractivity contribution in [3.05, 3.63) is 64.4 Å². The summed E-state index contributed by atoms with van der Waals surface area (Å²) in [5.74, 6) is 0. The Morgan fingerprint density at radius 2 is 2.16 bits per heavy atom. The van der Waals surface area contributed by atoms with Gasteiger partial charge in [-0.15, -0.1) is 0 Å². The summed E-state index contributed by atoms with van der Waals surface area (Å²) in [7, 11) is 1.99. The Balaban J connectivity index is 1.93. The molecule has 19 heavy (non-hydrogen) atoms. The summed E-state index contributed by atoms with van der Waals surface area (Å²) in [4.78, 5) is 6.18. The van der Waals surface area contributed by atoms with Crippen molar-refractivity contribution in [2.45, 2.75) is 12.6 Å². The van der Waals surface area contributed by atoms with E-state index in [1.165, 1.54) is 0 Å². The van der Waals surface area contributed by atoms with E-state index in [0.29, 0.717) is 6.54 Å². The van der Waals surface area contributed by atoms with Crippen LogP contribution in [-0.4, -0.2) is 28.6 Å². The number of aromatic nitrogens is 1. The molecule has 0 aliphatic carbocycles. The molecule has 2 rings (SSSR count). The monoisotopic (exact) mass is 320 g/mol. The normalized spacial score (nSPS) is 12.6. The molecule has 0 saturated carbocycles. The minimum absolute atomic E-state index is 0.487. The summed E-state index contributed by atoms with van der Waals surface area (Å²) in [6.07, 6.45) is 3.13. The van der Waals surface area contributed by atoms with Crippen molar-refractivity contribution < 1.29 is 5.11 Å². The first-order valence-electron chi connectivity index (χ1n) is 6.16. The lowest BCUT2D eigenvalue weighted by atomic mass is 10.1. The molecule has 1 N–H and O–H groups in total. The van der Waals surface area contributed by atoms with E-state index in [1.54, 1.807) is 6.20 Å². The average Bonchev–Trinajstić information content (AvgIpc) is 2.39. The molecule has 0 fully saturated rings. The van der Waals surface area contributed by atoms with E-state index in [1.807, 2.05) is 49.6 Å². The molecule has 0 amide bonds. The number of hydrogen-bond acceptors (Lipinski definition) is 3. The molecule has 1 aromatic heterocycles. The zero-order valence-corrected chi connectivity index (χ0v) is 12.4. The maximum atomic E-state index is 10.2. The second-order valence-electron chi connectivity index (χ2n) is 4.63. The van der Waals surface area contributed by atoms with Gasteiger partial charge in [0.2, 0.25) is 0 Å². The van der Waals surface area contributed by atoms with Crippen molar-refractivity contribution in [2.75, 3.05) is 13.6 Å². The van der Waals surface area contributed by atoms with Crippen LogP contribution in [0.1, 0.15) is 17.2 Å². The summed E-state index contributed by atoms with van der Waals surface area (Å²) in [5, 5.41) is 10.2. The van der Waals surface area contributed by atoms with Crippen LogP contribution >= 0.6 is 15.9 Å². The van der Waals surface area contributed by atoms with Crippen molar-refractivity contribution in [1.29, 1.82) is 0 Å². The average molecular weight is 321 g/mol. The molecule has 1 atom stereocenters. The summed E-state index contributed by atoms with van der Waals surface area (Å²) in [6, 6.07) is 11.7. The van der Waals surface area contributed by atoms with Crippen molar-refractivity contribution in [3.8, 4) is 0 Å². The van der Waals surface area contributed by atoms with Crippen molar-refractivity contribution in [1.82, 2.24) is 9.88 Å². The van der Waals surface area contributed by atoms with Crippen LogP contribution in [0.3, 0.4) is 0 Å². The molecule has 4 heteroatoms. The summed E-state index contributed by atoms with van der Waals surface area (Å²) in [5.41, 5.74) is 2.07. The number of nitrogens with zero attached hydrogens (tertiary/aromatic N) is 2.